The molecule has 0 amide bonds. The third-order valence-corrected chi connectivity index (χ3v) is 3.04. The fourth-order valence-electron chi connectivity index (χ4n) is 2.20. The summed E-state index contributed by atoms with van der Waals surface area (Å²) in [5.41, 5.74) is 3.48. The minimum Gasteiger partial charge on any atom is -0.377 e. The van der Waals surface area contributed by atoms with Gasteiger partial charge in [0, 0.05) is 18.6 Å². The van der Waals surface area contributed by atoms with E-state index in [1.165, 1.54) is 19.3 Å². The lowest BCUT2D eigenvalue weighted by Gasteiger charge is -2.39. The van der Waals surface area contributed by atoms with Crippen molar-refractivity contribution in [2.75, 3.05) is 13.2 Å². The number of ether oxygens (including phenoxy) is 1. The maximum absolute atomic E-state index is 5.51. The Hall–Kier alpha value is -0.120. The number of piperidine rings is 1. The third kappa shape index (κ3) is 4.49. The van der Waals surface area contributed by atoms with Gasteiger partial charge >= 0.3 is 0 Å². The average molecular weight is 214 g/mol. The summed E-state index contributed by atoms with van der Waals surface area (Å²) in [6, 6.07) is 1.32. The van der Waals surface area contributed by atoms with Crippen LogP contribution >= 0.6 is 0 Å². The van der Waals surface area contributed by atoms with E-state index in [-0.39, 0.29) is 0 Å². The molecule has 1 rings (SSSR count). The maximum atomic E-state index is 5.51. The molecule has 0 saturated carbocycles. The molecule has 1 aliphatic rings. The molecule has 2 unspecified atom stereocenters. The van der Waals surface area contributed by atoms with E-state index in [4.69, 9.17) is 4.74 Å². The van der Waals surface area contributed by atoms with Gasteiger partial charge in [0.25, 0.3) is 0 Å². The normalized spacial score (nSPS) is 28.6. The Labute approximate surface area is 94.1 Å². The van der Waals surface area contributed by atoms with Gasteiger partial charge in [0.2, 0.25) is 0 Å². The molecule has 3 nitrogen and oxygen atoms in total. The second-order valence-electron chi connectivity index (χ2n) is 4.86. The first-order chi connectivity index (χ1) is 7.11. The monoisotopic (exact) mass is 214 g/mol. The lowest BCUT2D eigenvalue weighted by molar-refractivity contribution is 0.0203. The Morgan fingerprint density at radius 3 is 2.40 bits per heavy atom. The Balaban J connectivity index is 2.17. The summed E-state index contributed by atoms with van der Waals surface area (Å²) in [6.07, 6.45) is 4.32. The van der Waals surface area contributed by atoms with Crippen LogP contribution in [0.2, 0.25) is 0 Å². The van der Waals surface area contributed by atoms with Gasteiger partial charge < -0.3 is 4.74 Å². The predicted octanol–water partition coefficient (Wildman–Crippen LogP) is 2.18. The van der Waals surface area contributed by atoms with Gasteiger partial charge in [-0.1, -0.05) is 6.42 Å². The molecule has 1 N–H and O–H groups in total. The molecule has 0 aromatic carbocycles. The molecule has 0 aliphatic carbocycles. The van der Waals surface area contributed by atoms with Gasteiger partial charge in [-0.25, -0.2) is 5.01 Å². The lowest BCUT2D eigenvalue weighted by atomic mass is 10.00. The van der Waals surface area contributed by atoms with Gasteiger partial charge in [0.1, 0.15) is 0 Å². The second-order valence-corrected chi connectivity index (χ2v) is 4.86. The Kier molecular flexibility index (Phi) is 5.58. The van der Waals surface area contributed by atoms with Crippen molar-refractivity contribution in [1.82, 2.24) is 10.4 Å². The van der Waals surface area contributed by atoms with E-state index in [0.29, 0.717) is 18.2 Å². The van der Waals surface area contributed by atoms with Crippen LogP contribution in [-0.4, -0.2) is 36.3 Å². The Bertz CT molecular complexity index is 163. The molecule has 0 radical (unpaired) electrons. The van der Waals surface area contributed by atoms with Crippen molar-refractivity contribution < 1.29 is 4.74 Å². The van der Waals surface area contributed by atoms with E-state index in [9.17, 15) is 0 Å². The van der Waals surface area contributed by atoms with Crippen molar-refractivity contribution in [2.45, 2.75) is 65.1 Å². The highest BCUT2D eigenvalue weighted by Gasteiger charge is 2.23. The van der Waals surface area contributed by atoms with Crippen LogP contribution in [-0.2, 0) is 4.74 Å². The summed E-state index contributed by atoms with van der Waals surface area (Å²) in [7, 11) is 0. The first kappa shape index (κ1) is 12.9. The topological polar surface area (TPSA) is 24.5 Å². The molecule has 1 fully saturated rings. The Morgan fingerprint density at radius 1 is 1.27 bits per heavy atom. The van der Waals surface area contributed by atoms with Crippen LogP contribution in [0.3, 0.4) is 0 Å². The minimum absolute atomic E-state index is 0.336. The number of nitrogens with one attached hydrogen (secondary N) is 1. The molecular formula is C12H26N2O. The van der Waals surface area contributed by atoms with Gasteiger partial charge in [-0.2, -0.15) is 0 Å². The van der Waals surface area contributed by atoms with Crippen LogP contribution in [0.15, 0.2) is 0 Å². The van der Waals surface area contributed by atoms with E-state index < -0.39 is 0 Å². The van der Waals surface area contributed by atoms with E-state index in [0.717, 1.165) is 13.2 Å². The van der Waals surface area contributed by atoms with Gasteiger partial charge in [-0.15, -0.1) is 0 Å². The summed E-state index contributed by atoms with van der Waals surface area (Å²) in [6.45, 7) is 10.5. The predicted molar refractivity (Wildman–Crippen MR) is 63.7 cm³/mol. The van der Waals surface area contributed by atoms with Crippen LogP contribution < -0.4 is 5.43 Å². The first-order valence-electron chi connectivity index (χ1n) is 6.24. The van der Waals surface area contributed by atoms with Gasteiger partial charge in [-0.3, -0.25) is 5.43 Å². The first-order valence-corrected chi connectivity index (χ1v) is 6.24. The minimum atomic E-state index is 0.336. The standard InChI is InChI=1S/C12H26N2O/c1-10(2)15-9-8-13-14-11(3)6-5-7-12(14)4/h10-13H,5-9H2,1-4H3. The lowest BCUT2D eigenvalue weighted by Crippen LogP contribution is -2.52. The quantitative estimate of drug-likeness (QED) is 0.710. The van der Waals surface area contributed by atoms with Crippen LogP contribution in [0.1, 0.15) is 47.0 Å². The van der Waals surface area contributed by atoms with Crippen molar-refractivity contribution in [2.24, 2.45) is 0 Å². The van der Waals surface area contributed by atoms with Crippen molar-refractivity contribution in [3.05, 3.63) is 0 Å². The fraction of sp³-hybridized carbons (Fsp3) is 1.00. The summed E-state index contributed by atoms with van der Waals surface area (Å²) in [4.78, 5) is 0. The number of hydrazine groups is 1. The zero-order chi connectivity index (χ0) is 11.3. The van der Waals surface area contributed by atoms with Crippen LogP contribution in [0.25, 0.3) is 0 Å². The summed E-state index contributed by atoms with van der Waals surface area (Å²) >= 11 is 0. The number of rotatable bonds is 5. The number of hydrogen-bond donors (Lipinski definition) is 1. The second kappa shape index (κ2) is 6.46. The molecule has 0 spiro atoms. The maximum Gasteiger partial charge on any atom is 0.0608 e. The van der Waals surface area contributed by atoms with Crippen molar-refractivity contribution in [3.63, 3.8) is 0 Å². The van der Waals surface area contributed by atoms with Crippen molar-refractivity contribution in [3.8, 4) is 0 Å². The molecular weight excluding hydrogens is 188 g/mol. The molecule has 1 heterocycles. The zero-order valence-electron chi connectivity index (χ0n) is 10.6. The SMILES string of the molecule is CC(C)OCCNN1C(C)CCCC1C. The highest BCUT2D eigenvalue weighted by molar-refractivity contribution is 4.76. The molecule has 0 aromatic rings. The van der Waals surface area contributed by atoms with Gasteiger partial charge in [0.15, 0.2) is 0 Å². The number of hydrogen-bond acceptors (Lipinski definition) is 3. The van der Waals surface area contributed by atoms with E-state index in [1.807, 2.05) is 0 Å². The highest BCUT2D eigenvalue weighted by atomic mass is 16.5. The van der Waals surface area contributed by atoms with Crippen LogP contribution in [0.5, 0.6) is 0 Å². The Morgan fingerprint density at radius 2 is 1.87 bits per heavy atom. The molecule has 1 aliphatic heterocycles. The third-order valence-electron chi connectivity index (χ3n) is 3.04. The molecule has 0 bridgehead atoms. The van der Waals surface area contributed by atoms with Crippen molar-refractivity contribution in [1.29, 1.82) is 0 Å². The molecule has 15 heavy (non-hydrogen) atoms. The van der Waals surface area contributed by atoms with Crippen LogP contribution in [0, 0.1) is 0 Å². The van der Waals surface area contributed by atoms with E-state index >= 15 is 0 Å². The van der Waals surface area contributed by atoms with Crippen LogP contribution in [0.4, 0.5) is 0 Å². The molecule has 1 saturated heterocycles. The molecule has 2 atom stereocenters. The summed E-state index contributed by atoms with van der Waals surface area (Å²) in [5.74, 6) is 0. The highest BCUT2D eigenvalue weighted by Crippen LogP contribution is 2.19. The smallest absolute Gasteiger partial charge is 0.0608 e. The summed E-state index contributed by atoms with van der Waals surface area (Å²) < 4.78 is 5.51. The van der Waals surface area contributed by atoms with E-state index in [2.05, 4.69) is 38.1 Å². The molecule has 90 valence electrons. The number of nitrogens with zero attached hydrogens (tertiary/aromatic N) is 1. The van der Waals surface area contributed by atoms with Crippen molar-refractivity contribution >= 4 is 0 Å². The summed E-state index contributed by atoms with van der Waals surface area (Å²) in [5, 5.41) is 2.40. The average Bonchev–Trinajstić information content (AvgIpc) is 2.15. The fourth-order valence-corrected chi connectivity index (χ4v) is 2.20. The largest absolute Gasteiger partial charge is 0.377 e. The molecule has 3 heteroatoms. The van der Waals surface area contributed by atoms with Gasteiger partial charge in [0.05, 0.1) is 12.7 Å². The zero-order valence-corrected chi connectivity index (χ0v) is 10.6. The molecule has 0 aromatic heterocycles. The van der Waals surface area contributed by atoms with Gasteiger partial charge in [-0.05, 0) is 40.5 Å². The van der Waals surface area contributed by atoms with E-state index in [1.54, 1.807) is 0 Å².